The third-order valence-electron chi connectivity index (χ3n) is 3.33. The Morgan fingerprint density at radius 2 is 2.17 bits per heavy atom. The molecule has 4 N–H and O–H groups in total. The number of anilines is 1. The molecule has 18 heavy (non-hydrogen) atoms. The van der Waals surface area contributed by atoms with Gasteiger partial charge in [0.25, 0.3) is 0 Å². The van der Waals surface area contributed by atoms with Crippen molar-refractivity contribution in [3.63, 3.8) is 0 Å². The summed E-state index contributed by atoms with van der Waals surface area (Å²) in [5.41, 5.74) is 8.42. The van der Waals surface area contributed by atoms with E-state index in [1.165, 1.54) is 4.79 Å². The number of H-pyrrole nitrogens is 1. The number of fused-ring (bicyclic) bond motifs is 4. The molecule has 0 spiro atoms. The molecular weight excluding hydrogens is 232 g/mol. The number of hydrogen-bond acceptors (Lipinski definition) is 2. The van der Waals surface area contributed by atoms with Crippen LogP contribution in [0.15, 0.2) is 30.3 Å². The van der Waals surface area contributed by atoms with Crippen molar-refractivity contribution < 1.29 is 5.17 Å². The molecule has 0 radical (unpaired) electrons. The van der Waals surface area contributed by atoms with Gasteiger partial charge >= 0.3 is 0 Å². The summed E-state index contributed by atoms with van der Waals surface area (Å²) in [5, 5.41) is 15.2. The monoisotopic (exact) mass is 244 g/mol. The third kappa shape index (κ3) is 0.998. The number of nitrogen functional groups attached to an aromatic ring is 1. The fourth-order valence-electron chi connectivity index (χ4n) is 2.51. The summed E-state index contributed by atoms with van der Waals surface area (Å²) in [6.45, 7) is 0.675. The topological polar surface area (TPSA) is 84.1 Å². The second-order valence-electron chi connectivity index (χ2n) is 4.33. The van der Waals surface area contributed by atoms with Gasteiger partial charge in [-0.1, -0.05) is 12.1 Å². The molecule has 3 heterocycles. The van der Waals surface area contributed by atoms with Gasteiger partial charge in [-0.2, -0.15) is 5.21 Å². The average Bonchev–Trinajstić information content (AvgIpc) is 2.96. The minimum atomic E-state index is -0.0740. The zero-order valence-corrected chi connectivity index (χ0v) is 9.50. The maximum absolute atomic E-state index is 12.3. The molecule has 0 fully saturated rings. The minimum absolute atomic E-state index is 0.0740. The van der Waals surface area contributed by atoms with Crippen LogP contribution in [-0.2, 0) is 6.54 Å². The Kier molecular flexibility index (Phi) is 1.65. The van der Waals surface area contributed by atoms with Crippen molar-refractivity contribution in [1.82, 2.24) is 19.5 Å². The molecule has 2 aromatic rings. The first-order chi connectivity index (χ1) is 8.77. The molecule has 92 valence electrons. The molecule has 4 rings (SSSR count). The van der Waals surface area contributed by atoms with Crippen LogP contribution in [-0.4, -0.2) is 19.5 Å². The lowest BCUT2D eigenvalue weighted by Gasteiger charge is -2.21. The first kappa shape index (κ1) is 9.63. The Morgan fingerprint density at radius 3 is 3.06 bits per heavy atom. The number of nitrogens with one attached hydrogen (secondary N) is 2. The lowest BCUT2D eigenvalue weighted by atomic mass is 10.1. The third-order valence-corrected chi connectivity index (χ3v) is 3.33. The number of allylic oxidation sites excluding steroid dienone is 1. The second-order valence-corrected chi connectivity index (χ2v) is 4.33. The molecule has 0 aliphatic carbocycles. The van der Waals surface area contributed by atoms with E-state index in [9.17, 15) is 5.21 Å². The van der Waals surface area contributed by atoms with Gasteiger partial charge in [0.1, 0.15) is 0 Å². The number of nitrogens with two attached hydrogens (primary N) is 1. The molecule has 0 amide bonds. The second kappa shape index (κ2) is 3.09. The van der Waals surface area contributed by atoms with E-state index >= 15 is 0 Å². The van der Waals surface area contributed by atoms with Gasteiger partial charge in [-0.05, 0) is 12.1 Å². The van der Waals surface area contributed by atoms with Gasteiger partial charge in [0.05, 0.1) is 12.1 Å². The highest BCUT2D eigenvalue weighted by atomic mass is 16.6. The van der Waals surface area contributed by atoms with Crippen molar-refractivity contribution in [2.24, 2.45) is 0 Å². The van der Waals surface area contributed by atoms with E-state index in [2.05, 4.69) is 5.21 Å². The van der Waals surface area contributed by atoms with Gasteiger partial charge in [-0.3, -0.25) is 0 Å². The van der Waals surface area contributed by atoms with Crippen molar-refractivity contribution >= 4 is 17.7 Å². The number of benzene rings is 1. The molecule has 7 nitrogen and oxygen atoms in total. The van der Waals surface area contributed by atoms with E-state index in [0.29, 0.717) is 18.1 Å². The van der Waals surface area contributed by atoms with Crippen molar-refractivity contribution in [3.8, 4) is 11.3 Å². The number of nitrogens with zero attached hydrogens (tertiary/aromatic N) is 3. The van der Waals surface area contributed by atoms with Gasteiger partial charge in [0.2, 0.25) is 0 Å². The zero-order chi connectivity index (χ0) is 12.3. The number of rotatable bonds is 0. The van der Waals surface area contributed by atoms with Gasteiger partial charge < -0.3 is 10.9 Å². The fraction of sp³-hybridized carbons (Fsp3) is 0.0909. The average molecular weight is 244 g/mol. The summed E-state index contributed by atoms with van der Waals surface area (Å²) in [7, 11) is 0. The first-order valence-electron chi connectivity index (χ1n) is 5.70. The van der Waals surface area contributed by atoms with Gasteiger partial charge in [-0.15, -0.1) is 4.79 Å². The van der Waals surface area contributed by atoms with Crippen LogP contribution in [0.25, 0.3) is 17.5 Å². The highest BCUT2D eigenvalue weighted by molar-refractivity contribution is 5.79. The number of hydrogen-bond donors (Lipinski definition) is 3. The first-order valence-corrected chi connectivity index (χ1v) is 5.70. The largest absolute Gasteiger partial charge is 0.601 e. The Hall–Kier alpha value is -2.38. The van der Waals surface area contributed by atoms with E-state index in [1.807, 2.05) is 36.5 Å². The SMILES string of the molecule is Nc1c2n([nH]n3n1C=CC3)[NH+]([O-])c1ccccc1-2. The Morgan fingerprint density at radius 1 is 1.33 bits per heavy atom. The van der Waals surface area contributed by atoms with Crippen LogP contribution in [0.3, 0.4) is 0 Å². The summed E-state index contributed by atoms with van der Waals surface area (Å²) >= 11 is 0. The smallest absolute Gasteiger partial charge is 0.171 e. The maximum atomic E-state index is 12.3. The van der Waals surface area contributed by atoms with Crippen LogP contribution in [0.5, 0.6) is 0 Å². The van der Waals surface area contributed by atoms with E-state index in [4.69, 9.17) is 5.73 Å². The Labute approximate surface area is 102 Å². The summed E-state index contributed by atoms with van der Waals surface area (Å²) < 4.78 is 1.81. The standard InChI is InChI=1S/C11H12N6O/c12-11-10-8-4-1-2-5-9(8)17(18)16(10)13-15-7-3-6-14(11)15/h1-6,13,17H,7,12H2. The Bertz CT molecular complexity index is 711. The highest BCUT2D eigenvalue weighted by Gasteiger charge is 2.30. The number of aromatic amines is 1. The summed E-state index contributed by atoms with van der Waals surface area (Å²) in [4.78, 5) is 3.28. The predicted molar refractivity (Wildman–Crippen MR) is 67.0 cm³/mol. The predicted octanol–water partition coefficient (Wildman–Crippen LogP) is 0.0680. The molecule has 2 aliphatic rings. The van der Waals surface area contributed by atoms with Gasteiger partial charge in [0, 0.05) is 12.3 Å². The van der Waals surface area contributed by atoms with Gasteiger partial charge in [0.15, 0.2) is 17.2 Å². The van der Waals surface area contributed by atoms with Crippen LogP contribution in [0.1, 0.15) is 0 Å². The lowest BCUT2D eigenvalue weighted by molar-refractivity contribution is -0.830. The van der Waals surface area contributed by atoms with E-state index in [0.717, 1.165) is 11.3 Å². The minimum Gasteiger partial charge on any atom is -0.601 e. The lowest BCUT2D eigenvalue weighted by Crippen LogP contribution is -3.04. The maximum Gasteiger partial charge on any atom is 0.171 e. The van der Waals surface area contributed by atoms with Crippen molar-refractivity contribution in [3.05, 3.63) is 35.5 Å². The van der Waals surface area contributed by atoms with Crippen LogP contribution in [0.2, 0.25) is 0 Å². The molecule has 7 heteroatoms. The molecule has 0 saturated carbocycles. The van der Waals surface area contributed by atoms with E-state index < -0.39 is 0 Å². The van der Waals surface area contributed by atoms with Crippen LogP contribution in [0, 0.1) is 5.21 Å². The Balaban J connectivity index is 2.11. The van der Waals surface area contributed by atoms with E-state index in [-0.39, 0.29) is 5.17 Å². The van der Waals surface area contributed by atoms with Crippen LogP contribution < -0.4 is 10.9 Å². The highest BCUT2D eigenvalue weighted by Crippen LogP contribution is 2.32. The number of quaternary nitrogens is 1. The molecule has 2 aliphatic heterocycles. The molecule has 1 unspecified atom stereocenters. The molecule has 0 bridgehead atoms. The molecule has 1 aromatic carbocycles. The van der Waals surface area contributed by atoms with Crippen molar-refractivity contribution in [1.29, 1.82) is 0 Å². The van der Waals surface area contributed by atoms with Crippen LogP contribution >= 0.6 is 0 Å². The molecule has 1 atom stereocenters. The summed E-state index contributed by atoms with van der Waals surface area (Å²) in [6, 6.07) is 7.48. The van der Waals surface area contributed by atoms with Crippen molar-refractivity contribution in [2.45, 2.75) is 6.54 Å². The van der Waals surface area contributed by atoms with Gasteiger partial charge in [-0.25, -0.2) is 14.7 Å². The van der Waals surface area contributed by atoms with E-state index in [1.54, 1.807) is 9.48 Å². The summed E-state index contributed by atoms with van der Waals surface area (Å²) in [6.07, 6.45) is 3.86. The summed E-state index contributed by atoms with van der Waals surface area (Å²) in [5.74, 6) is 0.556. The van der Waals surface area contributed by atoms with Crippen molar-refractivity contribution in [2.75, 3.05) is 5.73 Å². The quantitative estimate of drug-likeness (QED) is 0.573. The number of aromatic nitrogens is 4. The van der Waals surface area contributed by atoms with Crippen LogP contribution in [0.4, 0.5) is 11.5 Å². The molecular formula is C11H12N6O. The fourth-order valence-corrected chi connectivity index (χ4v) is 2.51. The molecule has 1 aromatic heterocycles. The zero-order valence-electron chi connectivity index (χ0n) is 9.50. The molecule has 0 saturated heterocycles. The normalized spacial score (nSPS) is 18.6.